The van der Waals surface area contributed by atoms with E-state index in [4.69, 9.17) is 4.74 Å². The third kappa shape index (κ3) is 1.59. The lowest BCUT2D eigenvalue weighted by Gasteiger charge is -2.42. The Hall–Kier alpha value is -0.770. The highest BCUT2D eigenvalue weighted by atomic mass is 79.9. The van der Waals surface area contributed by atoms with E-state index in [-0.39, 0.29) is 5.82 Å². The van der Waals surface area contributed by atoms with Crippen molar-refractivity contribution < 1.29 is 9.13 Å². The first-order valence-electron chi connectivity index (χ1n) is 5.64. The van der Waals surface area contributed by atoms with Crippen LogP contribution in [-0.2, 0) is 0 Å². The van der Waals surface area contributed by atoms with Crippen LogP contribution in [-0.4, -0.2) is 19.2 Å². The lowest BCUT2D eigenvalue weighted by Crippen LogP contribution is -2.44. The Morgan fingerprint density at radius 1 is 1.38 bits per heavy atom. The zero-order valence-electron chi connectivity index (χ0n) is 8.88. The van der Waals surface area contributed by atoms with Gasteiger partial charge in [-0.05, 0) is 31.4 Å². The highest BCUT2D eigenvalue weighted by Gasteiger charge is 2.30. The molecule has 1 aromatic rings. The second-order valence-corrected chi connectivity index (χ2v) is 5.28. The summed E-state index contributed by atoms with van der Waals surface area (Å²) in [6.45, 7) is 1.45. The van der Waals surface area contributed by atoms with Gasteiger partial charge in [0.1, 0.15) is 6.61 Å². The Morgan fingerprint density at radius 2 is 2.19 bits per heavy atom. The highest BCUT2D eigenvalue weighted by Crippen LogP contribution is 2.40. The first-order valence-corrected chi connectivity index (χ1v) is 6.43. The number of rotatable bonds is 1. The summed E-state index contributed by atoms with van der Waals surface area (Å²) in [5.74, 6) is 0.148. The second kappa shape index (κ2) is 3.91. The van der Waals surface area contributed by atoms with Crippen LogP contribution in [0.25, 0.3) is 0 Å². The van der Waals surface area contributed by atoms with Crippen LogP contribution < -0.4 is 9.64 Å². The molecule has 2 nitrogen and oxygen atoms in total. The van der Waals surface area contributed by atoms with E-state index in [2.05, 4.69) is 20.8 Å². The van der Waals surface area contributed by atoms with Crippen LogP contribution in [0.4, 0.5) is 10.1 Å². The fourth-order valence-electron chi connectivity index (χ4n) is 2.35. The van der Waals surface area contributed by atoms with Crippen molar-refractivity contribution in [3.05, 3.63) is 22.4 Å². The molecule has 1 heterocycles. The maximum Gasteiger partial charge on any atom is 0.178 e. The molecule has 4 heteroatoms. The maximum absolute atomic E-state index is 13.7. The zero-order chi connectivity index (χ0) is 11.1. The van der Waals surface area contributed by atoms with Gasteiger partial charge in [0.25, 0.3) is 0 Å². The van der Waals surface area contributed by atoms with Crippen molar-refractivity contribution in [1.29, 1.82) is 0 Å². The van der Waals surface area contributed by atoms with Gasteiger partial charge in [-0.1, -0.05) is 15.9 Å². The molecule has 0 atom stereocenters. The van der Waals surface area contributed by atoms with Gasteiger partial charge >= 0.3 is 0 Å². The molecule has 1 fully saturated rings. The van der Waals surface area contributed by atoms with Crippen LogP contribution in [0.3, 0.4) is 0 Å². The minimum absolute atomic E-state index is 0.270. The summed E-state index contributed by atoms with van der Waals surface area (Å²) in [6, 6.07) is 4.00. The number of fused-ring (bicyclic) bond motifs is 1. The molecule has 1 saturated carbocycles. The van der Waals surface area contributed by atoms with Crippen LogP contribution in [0.1, 0.15) is 19.3 Å². The van der Waals surface area contributed by atoms with Gasteiger partial charge in [0.15, 0.2) is 11.6 Å². The standard InChI is InChI=1S/C12H13BrFNO/c13-8-6-10(14)12-11(7-8)15(4-5-16-12)9-2-1-3-9/h6-7,9H,1-5H2. The molecule has 2 aliphatic rings. The van der Waals surface area contributed by atoms with E-state index >= 15 is 0 Å². The summed E-state index contributed by atoms with van der Waals surface area (Å²) in [5, 5.41) is 0. The molecular formula is C12H13BrFNO. The van der Waals surface area contributed by atoms with Crippen molar-refractivity contribution in [2.75, 3.05) is 18.1 Å². The van der Waals surface area contributed by atoms with Gasteiger partial charge in [-0.25, -0.2) is 4.39 Å². The number of hydrogen-bond acceptors (Lipinski definition) is 2. The summed E-state index contributed by atoms with van der Waals surface area (Å²) in [5.41, 5.74) is 0.905. The zero-order valence-corrected chi connectivity index (χ0v) is 10.5. The van der Waals surface area contributed by atoms with Crippen molar-refractivity contribution in [3.63, 3.8) is 0 Å². The minimum atomic E-state index is -0.270. The van der Waals surface area contributed by atoms with Gasteiger partial charge in [-0.2, -0.15) is 0 Å². The van der Waals surface area contributed by atoms with Gasteiger partial charge in [-0.3, -0.25) is 0 Å². The summed E-state index contributed by atoms with van der Waals surface area (Å²) in [6.07, 6.45) is 3.72. The van der Waals surface area contributed by atoms with Crippen LogP contribution >= 0.6 is 15.9 Å². The SMILES string of the molecule is Fc1cc(Br)cc2c1OCCN2C1CCC1. The lowest BCUT2D eigenvalue weighted by molar-refractivity contribution is 0.268. The topological polar surface area (TPSA) is 12.5 Å². The number of nitrogens with zero attached hydrogens (tertiary/aromatic N) is 1. The average Bonchev–Trinajstić information content (AvgIpc) is 2.16. The Morgan fingerprint density at radius 3 is 2.88 bits per heavy atom. The van der Waals surface area contributed by atoms with Crippen LogP contribution in [0.2, 0.25) is 0 Å². The number of ether oxygens (including phenoxy) is 1. The molecule has 0 amide bonds. The van der Waals surface area contributed by atoms with E-state index in [1.165, 1.54) is 25.3 Å². The van der Waals surface area contributed by atoms with Crippen molar-refractivity contribution in [2.24, 2.45) is 0 Å². The number of halogens is 2. The molecule has 1 aromatic carbocycles. The van der Waals surface area contributed by atoms with Crippen molar-refractivity contribution >= 4 is 21.6 Å². The maximum atomic E-state index is 13.7. The van der Waals surface area contributed by atoms with Crippen LogP contribution in [0.15, 0.2) is 16.6 Å². The molecule has 0 saturated heterocycles. The molecular weight excluding hydrogens is 273 g/mol. The molecule has 1 aliphatic carbocycles. The van der Waals surface area contributed by atoms with E-state index in [1.54, 1.807) is 0 Å². The fraction of sp³-hybridized carbons (Fsp3) is 0.500. The van der Waals surface area contributed by atoms with E-state index in [1.807, 2.05) is 6.07 Å². The predicted octanol–water partition coefficient (Wildman–Crippen LogP) is 3.34. The Balaban J connectivity index is 2.02. The van der Waals surface area contributed by atoms with Gasteiger partial charge in [0, 0.05) is 10.5 Å². The summed E-state index contributed by atoms with van der Waals surface area (Å²) >= 11 is 3.34. The monoisotopic (exact) mass is 285 g/mol. The minimum Gasteiger partial charge on any atom is -0.486 e. The molecule has 0 aromatic heterocycles. The number of anilines is 1. The summed E-state index contributed by atoms with van der Waals surface area (Å²) < 4.78 is 19.9. The molecule has 16 heavy (non-hydrogen) atoms. The molecule has 1 aliphatic heterocycles. The van der Waals surface area contributed by atoms with Gasteiger partial charge in [0.05, 0.1) is 12.2 Å². The molecule has 86 valence electrons. The third-order valence-corrected chi connectivity index (χ3v) is 3.85. The quantitative estimate of drug-likeness (QED) is 0.785. The third-order valence-electron chi connectivity index (χ3n) is 3.39. The van der Waals surface area contributed by atoms with Crippen molar-refractivity contribution in [1.82, 2.24) is 0 Å². The van der Waals surface area contributed by atoms with Gasteiger partial charge in [0.2, 0.25) is 0 Å². The Labute approximate surface area is 103 Å². The summed E-state index contributed by atoms with van der Waals surface area (Å²) in [7, 11) is 0. The molecule has 0 spiro atoms. The molecule has 3 rings (SSSR count). The normalized spacial score (nSPS) is 20.0. The van der Waals surface area contributed by atoms with Gasteiger partial charge < -0.3 is 9.64 Å². The lowest BCUT2D eigenvalue weighted by atomic mass is 9.90. The van der Waals surface area contributed by atoms with Gasteiger partial charge in [-0.15, -0.1) is 0 Å². The van der Waals surface area contributed by atoms with Crippen LogP contribution in [0, 0.1) is 5.82 Å². The molecule has 0 unspecified atom stereocenters. The Kier molecular flexibility index (Phi) is 2.54. The molecule has 0 N–H and O–H groups in total. The first kappa shape index (κ1) is 10.4. The van der Waals surface area contributed by atoms with Crippen molar-refractivity contribution in [2.45, 2.75) is 25.3 Å². The predicted molar refractivity (Wildman–Crippen MR) is 64.6 cm³/mol. The van der Waals surface area contributed by atoms with E-state index in [0.717, 1.165) is 16.7 Å². The first-order chi connectivity index (χ1) is 7.75. The number of benzene rings is 1. The van der Waals surface area contributed by atoms with E-state index in [0.29, 0.717) is 18.4 Å². The largest absolute Gasteiger partial charge is 0.486 e. The molecule has 0 radical (unpaired) electrons. The fourth-order valence-corrected chi connectivity index (χ4v) is 2.76. The molecule has 0 bridgehead atoms. The van der Waals surface area contributed by atoms with Crippen LogP contribution in [0.5, 0.6) is 5.75 Å². The van der Waals surface area contributed by atoms with E-state index in [9.17, 15) is 4.39 Å². The second-order valence-electron chi connectivity index (χ2n) is 4.36. The highest BCUT2D eigenvalue weighted by molar-refractivity contribution is 9.10. The average molecular weight is 286 g/mol. The van der Waals surface area contributed by atoms with E-state index < -0.39 is 0 Å². The Bertz CT molecular complexity index is 420. The summed E-state index contributed by atoms with van der Waals surface area (Å²) in [4.78, 5) is 2.29. The smallest absolute Gasteiger partial charge is 0.178 e. The number of hydrogen-bond donors (Lipinski definition) is 0. The van der Waals surface area contributed by atoms with Crippen molar-refractivity contribution in [3.8, 4) is 5.75 Å².